The molecule has 0 aliphatic rings. The van der Waals surface area contributed by atoms with Gasteiger partial charge in [-0.3, -0.25) is 4.72 Å². The summed E-state index contributed by atoms with van der Waals surface area (Å²) >= 11 is 0. The highest BCUT2D eigenvalue weighted by molar-refractivity contribution is 7.92. The Kier molecular flexibility index (Phi) is 4.59. The van der Waals surface area contributed by atoms with E-state index >= 15 is 0 Å². The number of nitrogens with zero attached hydrogens (tertiary/aromatic N) is 3. The maximum atomic E-state index is 12.3. The Labute approximate surface area is 144 Å². The summed E-state index contributed by atoms with van der Waals surface area (Å²) in [5.41, 5.74) is 0.778. The van der Waals surface area contributed by atoms with Crippen molar-refractivity contribution < 1.29 is 13.2 Å². The monoisotopic (exact) mass is 352 g/mol. The maximum Gasteiger partial charge on any atom is 0.261 e. The second kappa shape index (κ2) is 6.98. The minimum atomic E-state index is -3.73. The molecular formula is C17H12N4O3S. The van der Waals surface area contributed by atoms with Crippen molar-refractivity contribution in [2.75, 3.05) is 4.72 Å². The smallest absolute Gasteiger partial charge is 0.261 e. The molecule has 124 valence electrons. The Morgan fingerprint density at radius 2 is 1.72 bits per heavy atom. The molecule has 0 atom stereocenters. The van der Waals surface area contributed by atoms with E-state index in [2.05, 4.69) is 14.9 Å². The van der Waals surface area contributed by atoms with Crippen LogP contribution in [0, 0.1) is 11.3 Å². The van der Waals surface area contributed by atoms with Gasteiger partial charge in [0, 0.05) is 18.0 Å². The molecule has 3 rings (SSSR count). The number of benzene rings is 2. The van der Waals surface area contributed by atoms with Crippen LogP contribution in [0.15, 0.2) is 71.8 Å². The molecular weight excluding hydrogens is 340 g/mol. The van der Waals surface area contributed by atoms with Crippen LogP contribution < -0.4 is 9.46 Å². The first kappa shape index (κ1) is 16.4. The van der Waals surface area contributed by atoms with Gasteiger partial charge in [-0.25, -0.2) is 8.42 Å². The van der Waals surface area contributed by atoms with Gasteiger partial charge in [-0.1, -0.05) is 0 Å². The van der Waals surface area contributed by atoms with E-state index in [1.165, 1.54) is 30.5 Å². The van der Waals surface area contributed by atoms with Crippen LogP contribution in [0.1, 0.15) is 5.56 Å². The third-order valence-corrected chi connectivity index (χ3v) is 4.57. The van der Waals surface area contributed by atoms with Crippen molar-refractivity contribution >= 4 is 15.7 Å². The van der Waals surface area contributed by atoms with E-state index in [4.69, 9.17) is 10.00 Å². The molecule has 0 radical (unpaired) electrons. The van der Waals surface area contributed by atoms with Crippen molar-refractivity contribution in [3.63, 3.8) is 0 Å². The molecule has 25 heavy (non-hydrogen) atoms. The summed E-state index contributed by atoms with van der Waals surface area (Å²) in [6, 6.07) is 17.4. The molecule has 0 amide bonds. The maximum absolute atomic E-state index is 12.3. The highest BCUT2D eigenvalue weighted by atomic mass is 32.2. The van der Waals surface area contributed by atoms with Crippen molar-refractivity contribution in [1.82, 2.24) is 10.2 Å². The summed E-state index contributed by atoms with van der Waals surface area (Å²) in [4.78, 5) is 0.0754. The van der Waals surface area contributed by atoms with Crippen LogP contribution in [-0.2, 0) is 10.0 Å². The largest absolute Gasteiger partial charge is 0.438 e. The number of ether oxygens (including phenoxy) is 1. The summed E-state index contributed by atoms with van der Waals surface area (Å²) in [5, 5.41) is 16.3. The molecule has 2 aromatic carbocycles. The van der Waals surface area contributed by atoms with E-state index in [-0.39, 0.29) is 4.90 Å². The van der Waals surface area contributed by atoms with Crippen LogP contribution in [-0.4, -0.2) is 18.6 Å². The number of aromatic nitrogens is 2. The average Bonchev–Trinajstić information content (AvgIpc) is 2.64. The molecule has 0 saturated carbocycles. The molecule has 0 unspecified atom stereocenters. The average molecular weight is 352 g/mol. The van der Waals surface area contributed by atoms with Gasteiger partial charge in [0.15, 0.2) is 0 Å². The lowest BCUT2D eigenvalue weighted by Crippen LogP contribution is -2.12. The van der Waals surface area contributed by atoms with Crippen molar-refractivity contribution in [2.45, 2.75) is 4.90 Å². The number of sulfonamides is 1. The summed E-state index contributed by atoms with van der Waals surface area (Å²) in [7, 11) is -3.73. The van der Waals surface area contributed by atoms with Gasteiger partial charge in [0.25, 0.3) is 10.0 Å². The first-order chi connectivity index (χ1) is 12.1. The van der Waals surface area contributed by atoms with Crippen molar-refractivity contribution in [3.8, 4) is 17.7 Å². The third kappa shape index (κ3) is 4.10. The van der Waals surface area contributed by atoms with Gasteiger partial charge in [-0.05, 0) is 54.6 Å². The van der Waals surface area contributed by atoms with Crippen molar-refractivity contribution in [2.24, 2.45) is 0 Å². The minimum absolute atomic E-state index is 0.0754. The topological polar surface area (TPSA) is 105 Å². The first-order valence-corrected chi connectivity index (χ1v) is 8.64. The summed E-state index contributed by atoms with van der Waals surface area (Å²) in [6.45, 7) is 0. The highest BCUT2D eigenvalue weighted by Crippen LogP contribution is 2.22. The van der Waals surface area contributed by atoms with Gasteiger partial charge in [-0.2, -0.15) is 10.4 Å². The van der Waals surface area contributed by atoms with Crippen LogP contribution >= 0.6 is 0 Å². The molecule has 0 bridgehead atoms. The molecule has 1 heterocycles. The quantitative estimate of drug-likeness (QED) is 0.757. The van der Waals surface area contributed by atoms with Crippen LogP contribution in [0.2, 0.25) is 0 Å². The first-order valence-electron chi connectivity index (χ1n) is 7.15. The molecule has 0 saturated heterocycles. The second-order valence-corrected chi connectivity index (χ2v) is 6.61. The Morgan fingerprint density at radius 3 is 2.32 bits per heavy atom. The second-order valence-electron chi connectivity index (χ2n) is 4.93. The lowest BCUT2D eigenvalue weighted by atomic mass is 10.2. The number of nitriles is 1. The fraction of sp³-hybridized carbons (Fsp3) is 0. The lowest BCUT2D eigenvalue weighted by Gasteiger charge is -2.09. The zero-order chi connectivity index (χ0) is 17.7. The van der Waals surface area contributed by atoms with Gasteiger partial charge in [-0.15, -0.1) is 5.10 Å². The summed E-state index contributed by atoms with van der Waals surface area (Å²) in [5.74, 6) is 0.843. The van der Waals surface area contributed by atoms with E-state index in [0.717, 1.165) is 0 Å². The summed E-state index contributed by atoms with van der Waals surface area (Å²) in [6.07, 6.45) is 1.54. The van der Waals surface area contributed by atoms with Crippen LogP contribution in [0.5, 0.6) is 11.6 Å². The van der Waals surface area contributed by atoms with E-state index in [0.29, 0.717) is 22.9 Å². The molecule has 1 aromatic heterocycles. The van der Waals surface area contributed by atoms with Crippen LogP contribution in [0.25, 0.3) is 0 Å². The van der Waals surface area contributed by atoms with E-state index in [1.807, 2.05) is 6.07 Å². The van der Waals surface area contributed by atoms with Gasteiger partial charge < -0.3 is 4.74 Å². The number of hydrogen-bond acceptors (Lipinski definition) is 6. The zero-order valence-corrected chi connectivity index (χ0v) is 13.6. The molecule has 0 fully saturated rings. The fourth-order valence-electron chi connectivity index (χ4n) is 1.98. The Morgan fingerprint density at radius 1 is 1.00 bits per heavy atom. The number of hydrogen-bond donors (Lipinski definition) is 1. The standard InChI is InChI=1S/C17H12N4O3S/c18-12-13-3-9-16(10-4-13)25(22,23)21-14-5-7-15(8-6-14)24-17-2-1-11-19-20-17/h1-11,21H. The van der Waals surface area contributed by atoms with Gasteiger partial charge in [0.05, 0.1) is 16.5 Å². The predicted molar refractivity (Wildman–Crippen MR) is 90.5 cm³/mol. The highest BCUT2D eigenvalue weighted by Gasteiger charge is 2.14. The Bertz CT molecular complexity index is 997. The lowest BCUT2D eigenvalue weighted by molar-refractivity contribution is 0.455. The molecule has 7 nitrogen and oxygen atoms in total. The van der Waals surface area contributed by atoms with Crippen molar-refractivity contribution in [1.29, 1.82) is 5.26 Å². The van der Waals surface area contributed by atoms with E-state index < -0.39 is 10.0 Å². The molecule has 1 N–H and O–H groups in total. The summed E-state index contributed by atoms with van der Waals surface area (Å²) < 4.78 is 32.6. The normalized spacial score (nSPS) is 10.7. The number of anilines is 1. The predicted octanol–water partition coefficient (Wildman–Crippen LogP) is 2.94. The molecule has 0 spiro atoms. The molecule has 0 aliphatic carbocycles. The van der Waals surface area contributed by atoms with Gasteiger partial charge in [0.2, 0.25) is 5.88 Å². The Hall–Kier alpha value is -3.44. The molecule has 3 aromatic rings. The minimum Gasteiger partial charge on any atom is -0.438 e. The number of nitrogens with one attached hydrogen (secondary N) is 1. The van der Waals surface area contributed by atoms with Crippen LogP contribution in [0.3, 0.4) is 0 Å². The van der Waals surface area contributed by atoms with E-state index in [1.54, 1.807) is 36.4 Å². The molecule has 8 heteroatoms. The van der Waals surface area contributed by atoms with Crippen molar-refractivity contribution in [3.05, 3.63) is 72.4 Å². The molecule has 0 aliphatic heterocycles. The number of rotatable bonds is 5. The van der Waals surface area contributed by atoms with Gasteiger partial charge >= 0.3 is 0 Å². The SMILES string of the molecule is N#Cc1ccc(S(=O)(=O)Nc2ccc(Oc3cccnn3)cc2)cc1. The van der Waals surface area contributed by atoms with E-state index in [9.17, 15) is 8.42 Å². The Balaban J connectivity index is 1.73. The van der Waals surface area contributed by atoms with Gasteiger partial charge in [0.1, 0.15) is 5.75 Å². The van der Waals surface area contributed by atoms with Crippen LogP contribution in [0.4, 0.5) is 5.69 Å². The zero-order valence-electron chi connectivity index (χ0n) is 12.8. The third-order valence-electron chi connectivity index (χ3n) is 3.17. The fourth-order valence-corrected chi connectivity index (χ4v) is 3.03.